The second-order valence-electron chi connectivity index (χ2n) is 5.95. The van der Waals surface area contributed by atoms with E-state index in [0.29, 0.717) is 0 Å². The number of hydrogen-bond acceptors (Lipinski definition) is 5. The molecule has 1 aromatic heterocycles. The van der Waals surface area contributed by atoms with Crippen LogP contribution < -0.4 is 14.8 Å². The Morgan fingerprint density at radius 1 is 1.14 bits per heavy atom. The molecule has 0 bridgehead atoms. The third-order valence-electron chi connectivity index (χ3n) is 3.17. The van der Waals surface area contributed by atoms with E-state index in [4.69, 9.17) is 14.6 Å². The van der Waals surface area contributed by atoms with E-state index >= 15 is 0 Å². The molecule has 1 heterocycles. The Morgan fingerprint density at radius 3 is 2.36 bits per heavy atom. The number of carbonyl (C=O) groups is 2. The average molecular weight is 398 g/mol. The number of carbonyl (C=O) groups excluding carboxylic acids is 1. The van der Waals surface area contributed by atoms with Crippen molar-refractivity contribution < 1.29 is 37.3 Å². The van der Waals surface area contributed by atoms with Crippen LogP contribution in [0.3, 0.4) is 0 Å². The van der Waals surface area contributed by atoms with Gasteiger partial charge in [-0.1, -0.05) is 0 Å². The Balaban J connectivity index is 2.23. The standard InChI is InChI=1S/C18H17F3N2O5/c1-10(2)28-14-6-12(5-13(7-14)27-9-18(19,20)21)16(24)23-15-4-3-11(8-22-15)17(25)26/h3-8,10H,9H2,1-2H3,(H,25,26)(H,22,23,24). The van der Waals surface area contributed by atoms with E-state index in [9.17, 15) is 22.8 Å². The van der Waals surface area contributed by atoms with Crippen LogP contribution in [0.4, 0.5) is 19.0 Å². The zero-order valence-corrected chi connectivity index (χ0v) is 14.9. The monoisotopic (exact) mass is 398 g/mol. The number of hydrogen-bond donors (Lipinski definition) is 2. The van der Waals surface area contributed by atoms with Crippen LogP contribution in [0.1, 0.15) is 34.6 Å². The molecule has 0 unspecified atom stereocenters. The third kappa shape index (κ3) is 6.45. The summed E-state index contributed by atoms with van der Waals surface area (Å²) in [7, 11) is 0. The lowest BCUT2D eigenvalue weighted by atomic mass is 10.2. The number of aromatic nitrogens is 1. The summed E-state index contributed by atoms with van der Waals surface area (Å²) in [4.78, 5) is 27.0. The van der Waals surface area contributed by atoms with Crippen LogP contribution in [-0.4, -0.2) is 40.9 Å². The number of rotatable bonds is 7. The highest BCUT2D eigenvalue weighted by Crippen LogP contribution is 2.26. The van der Waals surface area contributed by atoms with Crippen molar-refractivity contribution in [3.63, 3.8) is 0 Å². The lowest BCUT2D eigenvalue weighted by Crippen LogP contribution is -2.20. The normalized spacial score (nSPS) is 11.2. The van der Waals surface area contributed by atoms with Gasteiger partial charge in [-0.25, -0.2) is 9.78 Å². The van der Waals surface area contributed by atoms with E-state index in [2.05, 4.69) is 10.3 Å². The summed E-state index contributed by atoms with van der Waals surface area (Å²) in [5, 5.41) is 11.3. The lowest BCUT2D eigenvalue weighted by molar-refractivity contribution is -0.153. The number of pyridine rings is 1. The summed E-state index contributed by atoms with van der Waals surface area (Å²) in [6, 6.07) is 6.28. The maximum Gasteiger partial charge on any atom is 0.422 e. The lowest BCUT2D eigenvalue weighted by Gasteiger charge is -2.15. The van der Waals surface area contributed by atoms with Crippen molar-refractivity contribution in [2.75, 3.05) is 11.9 Å². The molecular weight excluding hydrogens is 381 g/mol. The molecule has 0 atom stereocenters. The van der Waals surface area contributed by atoms with E-state index in [-0.39, 0.29) is 34.5 Å². The number of carboxylic acids is 1. The molecule has 150 valence electrons. The molecule has 2 rings (SSSR count). The minimum Gasteiger partial charge on any atom is -0.491 e. The van der Waals surface area contributed by atoms with Crippen molar-refractivity contribution >= 4 is 17.7 Å². The quantitative estimate of drug-likeness (QED) is 0.737. The highest BCUT2D eigenvalue weighted by atomic mass is 19.4. The molecule has 0 saturated heterocycles. The van der Waals surface area contributed by atoms with Crippen LogP contribution in [0.25, 0.3) is 0 Å². The largest absolute Gasteiger partial charge is 0.491 e. The molecule has 7 nitrogen and oxygen atoms in total. The number of nitrogens with one attached hydrogen (secondary N) is 1. The number of benzene rings is 1. The molecule has 0 radical (unpaired) electrons. The molecule has 28 heavy (non-hydrogen) atoms. The molecule has 0 aliphatic carbocycles. The Labute approximate surface area is 158 Å². The first-order valence-corrected chi connectivity index (χ1v) is 8.05. The van der Waals surface area contributed by atoms with Crippen LogP contribution >= 0.6 is 0 Å². The highest BCUT2D eigenvalue weighted by Gasteiger charge is 2.28. The number of aromatic carboxylic acids is 1. The number of alkyl halides is 3. The molecule has 1 amide bonds. The fourth-order valence-corrected chi connectivity index (χ4v) is 2.07. The van der Waals surface area contributed by atoms with Gasteiger partial charge in [-0.2, -0.15) is 13.2 Å². The number of carboxylic acid groups (broad SMARTS) is 1. The van der Waals surface area contributed by atoms with Gasteiger partial charge in [0.2, 0.25) is 0 Å². The first kappa shape index (κ1) is 21.0. The summed E-state index contributed by atoms with van der Waals surface area (Å²) >= 11 is 0. The van der Waals surface area contributed by atoms with Crippen LogP contribution in [0.15, 0.2) is 36.5 Å². The third-order valence-corrected chi connectivity index (χ3v) is 3.17. The second-order valence-corrected chi connectivity index (χ2v) is 5.95. The first-order chi connectivity index (χ1) is 13.0. The van der Waals surface area contributed by atoms with Gasteiger partial charge in [0.25, 0.3) is 5.91 Å². The number of halogens is 3. The maximum absolute atomic E-state index is 12.4. The molecule has 0 fully saturated rings. The molecule has 0 aliphatic rings. The topological polar surface area (TPSA) is 97.8 Å². The van der Waals surface area contributed by atoms with Crippen molar-refractivity contribution in [2.45, 2.75) is 26.1 Å². The van der Waals surface area contributed by atoms with Gasteiger partial charge < -0.3 is 19.9 Å². The van der Waals surface area contributed by atoms with Crippen LogP contribution in [0.2, 0.25) is 0 Å². The Morgan fingerprint density at radius 2 is 1.82 bits per heavy atom. The second kappa shape index (κ2) is 8.59. The van der Waals surface area contributed by atoms with E-state index in [0.717, 1.165) is 12.3 Å². The van der Waals surface area contributed by atoms with Crippen LogP contribution in [0.5, 0.6) is 11.5 Å². The average Bonchev–Trinajstić information content (AvgIpc) is 2.59. The number of amides is 1. The van der Waals surface area contributed by atoms with Crippen LogP contribution in [0, 0.1) is 0 Å². The number of nitrogens with zero attached hydrogens (tertiary/aromatic N) is 1. The molecule has 2 aromatic rings. The van der Waals surface area contributed by atoms with Gasteiger partial charge in [0.05, 0.1) is 11.7 Å². The minimum absolute atomic E-state index is 0.0144. The molecule has 0 spiro atoms. The van der Waals surface area contributed by atoms with Crippen molar-refractivity contribution in [1.29, 1.82) is 0 Å². The maximum atomic E-state index is 12.4. The summed E-state index contributed by atoms with van der Waals surface area (Å²) < 4.78 is 47.4. The predicted octanol–water partition coefficient (Wildman–Crippen LogP) is 3.76. The van der Waals surface area contributed by atoms with Crippen LogP contribution in [-0.2, 0) is 0 Å². The molecule has 0 aliphatic heterocycles. The van der Waals surface area contributed by atoms with Gasteiger partial charge >= 0.3 is 12.1 Å². The molecule has 2 N–H and O–H groups in total. The Kier molecular flexibility index (Phi) is 6.45. The van der Waals surface area contributed by atoms with Gasteiger partial charge in [-0.05, 0) is 38.1 Å². The highest BCUT2D eigenvalue weighted by molar-refractivity contribution is 6.04. The molecule has 1 aromatic carbocycles. The van der Waals surface area contributed by atoms with E-state index in [1.54, 1.807) is 13.8 Å². The zero-order valence-electron chi connectivity index (χ0n) is 14.9. The fourth-order valence-electron chi connectivity index (χ4n) is 2.07. The zero-order chi connectivity index (χ0) is 20.9. The SMILES string of the molecule is CC(C)Oc1cc(OCC(F)(F)F)cc(C(=O)Nc2ccc(C(=O)O)cn2)c1. The molecule has 10 heteroatoms. The number of ether oxygens (including phenoxy) is 2. The first-order valence-electron chi connectivity index (χ1n) is 8.05. The van der Waals surface area contributed by atoms with Crippen molar-refractivity contribution in [3.05, 3.63) is 47.7 Å². The van der Waals surface area contributed by atoms with Gasteiger partial charge in [0.1, 0.15) is 17.3 Å². The van der Waals surface area contributed by atoms with E-state index in [1.165, 1.54) is 24.3 Å². The smallest absolute Gasteiger partial charge is 0.422 e. The van der Waals surface area contributed by atoms with Crippen molar-refractivity contribution in [3.8, 4) is 11.5 Å². The molecule has 0 saturated carbocycles. The summed E-state index contributed by atoms with van der Waals surface area (Å²) in [5.41, 5.74) is -0.0763. The summed E-state index contributed by atoms with van der Waals surface area (Å²) in [6.07, 6.45) is -3.75. The van der Waals surface area contributed by atoms with Gasteiger partial charge in [-0.15, -0.1) is 0 Å². The van der Waals surface area contributed by atoms with E-state index in [1.807, 2.05) is 0 Å². The Bertz CT molecular complexity index is 851. The van der Waals surface area contributed by atoms with Crippen molar-refractivity contribution in [1.82, 2.24) is 4.98 Å². The Hall–Kier alpha value is -3.30. The molecular formula is C18H17F3N2O5. The number of anilines is 1. The van der Waals surface area contributed by atoms with E-state index < -0.39 is 24.7 Å². The van der Waals surface area contributed by atoms with Gasteiger partial charge in [0.15, 0.2) is 6.61 Å². The fraction of sp³-hybridized carbons (Fsp3) is 0.278. The minimum atomic E-state index is -4.53. The van der Waals surface area contributed by atoms with Gasteiger partial charge in [-0.3, -0.25) is 4.79 Å². The summed E-state index contributed by atoms with van der Waals surface area (Å²) in [6.45, 7) is 1.92. The van der Waals surface area contributed by atoms with Gasteiger partial charge in [0, 0.05) is 17.8 Å². The summed E-state index contributed by atoms with van der Waals surface area (Å²) in [5.74, 6) is -1.80. The van der Waals surface area contributed by atoms with Crippen molar-refractivity contribution in [2.24, 2.45) is 0 Å². The predicted molar refractivity (Wildman–Crippen MR) is 92.9 cm³/mol.